The summed E-state index contributed by atoms with van der Waals surface area (Å²) in [5.41, 5.74) is 6.83. The summed E-state index contributed by atoms with van der Waals surface area (Å²) in [5.74, 6) is -0.752. The van der Waals surface area contributed by atoms with Gasteiger partial charge in [-0.15, -0.1) is 11.3 Å². The smallest absolute Gasteiger partial charge is 0.251 e. The van der Waals surface area contributed by atoms with Gasteiger partial charge < -0.3 is 20.5 Å². The van der Waals surface area contributed by atoms with Crippen molar-refractivity contribution in [2.75, 3.05) is 25.1 Å². The van der Waals surface area contributed by atoms with Gasteiger partial charge in [0.15, 0.2) is 0 Å². The van der Waals surface area contributed by atoms with Gasteiger partial charge in [0.05, 0.1) is 31.3 Å². The van der Waals surface area contributed by atoms with Gasteiger partial charge in [0, 0.05) is 11.5 Å². The standard InChI is InChI=1S/C13H16N2O4S/c14-11(16)10-8-2-4-19-6-9(8)20-13(10)15-12(17)7-1-3-18-5-7/h7H,1-6H2,(H2,14,16)(H,15,17). The van der Waals surface area contributed by atoms with Gasteiger partial charge in [0.2, 0.25) is 5.91 Å². The Morgan fingerprint density at radius 2 is 2.15 bits per heavy atom. The van der Waals surface area contributed by atoms with Gasteiger partial charge in [-0.25, -0.2) is 0 Å². The van der Waals surface area contributed by atoms with Crippen molar-refractivity contribution < 1.29 is 19.1 Å². The van der Waals surface area contributed by atoms with Crippen molar-refractivity contribution in [3.8, 4) is 0 Å². The van der Waals surface area contributed by atoms with Gasteiger partial charge in [-0.2, -0.15) is 0 Å². The fourth-order valence-electron chi connectivity index (χ4n) is 2.54. The van der Waals surface area contributed by atoms with E-state index < -0.39 is 5.91 Å². The molecule has 6 nitrogen and oxygen atoms in total. The normalized spacial score (nSPS) is 21.5. The molecule has 3 rings (SSSR count). The monoisotopic (exact) mass is 296 g/mol. The molecule has 3 heterocycles. The van der Waals surface area contributed by atoms with E-state index in [2.05, 4.69) is 5.32 Å². The minimum atomic E-state index is -0.498. The Hall–Kier alpha value is -1.44. The minimum Gasteiger partial charge on any atom is -0.381 e. The van der Waals surface area contributed by atoms with Crippen LogP contribution < -0.4 is 11.1 Å². The Morgan fingerprint density at radius 3 is 2.85 bits per heavy atom. The number of thiophene rings is 1. The average Bonchev–Trinajstić information content (AvgIpc) is 3.05. The molecule has 2 amide bonds. The van der Waals surface area contributed by atoms with Crippen LogP contribution in [-0.4, -0.2) is 31.6 Å². The molecule has 1 atom stereocenters. The molecule has 20 heavy (non-hydrogen) atoms. The summed E-state index contributed by atoms with van der Waals surface area (Å²) in [6, 6.07) is 0. The molecule has 0 aliphatic carbocycles. The average molecular weight is 296 g/mol. The topological polar surface area (TPSA) is 90.7 Å². The largest absolute Gasteiger partial charge is 0.381 e. The molecule has 0 bridgehead atoms. The number of hydrogen-bond acceptors (Lipinski definition) is 5. The first-order chi connectivity index (χ1) is 9.66. The molecule has 0 aromatic carbocycles. The highest BCUT2D eigenvalue weighted by Crippen LogP contribution is 2.36. The first-order valence-electron chi connectivity index (χ1n) is 6.57. The van der Waals surface area contributed by atoms with E-state index in [1.807, 2.05) is 0 Å². The first-order valence-corrected chi connectivity index (χ1v) is 7.39. The quantitative estimate of drug-likeness (QED) is 0.867. The van der Waals surface area contributed by atoms with Crippen LogP contribution in [0.1, 0.15) is 27.2 Å². The fraction of sp³-hybridized carbons (Fsp3) is 0.538. The highest BCUT2D eigenvalue weighted by molar-refractivity contribution is 7.17. The van der Waals surface area contributed by atoms with Crippen LogP contribution in [0.4, 0.5) is 5.00 Å². The summed E-state index contributed by atoms with van der Waals surface area (Å²) in [6.45, 7) is 2.10. The van der Waals surface area contributed by atoms with Gasteiger partial charge in [0.1, 0.15) is 5.00 Å². The molecule has 0 radical (unpaired) electrons. The van der Waals surface area contributed by atoms with E-state index in [4.69, 9.17) is 15.2 Å². The maximum Gasteiger partial charge on any atom is 0.251 e. The van der Waals surface area contributed by atoms with Gasteiger partial charge in [-0.3, -0.25) is 9.59 Å². The molecule has 3 N–H and O–H groups in total. The first kappa shape index (κ1) is 13.5. The van der Waals surface area contributed by atoms with E-state index in [-0.39, 0.29) is 11.8 Å². The van der Waals surface area contributed by atoms with Crippen LogP contribution in [0, 0.1) is 5.92 Å². The maximum absolute atomic E-state index is 12.1. The number of amides is 2. The molecular formula is C13H16N2O4S. The Bertz CT molecular complexity index is 549. The minimum absolute atomic E-state index is 0.107. The fourth-order valence-corrected chi connectivity index (χ4v) is 3.73. The van der Waals surface area contributed by atoms with Crippen molar-refractivity contribution in [3.05, 3.63) is 16.0 Å². The summed E-state index contributed by atoms with van der Waals surface area (Å²) in [4.78, 5) is 24.8. The molecule has 1 saturated heterocycles. The third kappa shape index (κ3) is 2.44. The predicted molar refractivity (Wildman–Crippen MR) is 73.8 cm³/mol. The van der Waals surface area contributed by atoms with Crippen LogP contribution in [0.25, 0.3) is 0 Å². The molecule has 2 aliphatic heterocycles. The van der Waals surface area contributed by atoms with Crippen LogP contribution >= 0.6 is 11.3 Å². The lowest BCUT2D eigenvalue weighted by molar-refractivity contribution is -0.119. The lowest BCUT2D eigenvalue weighted by atomic mass is 10.0. The molecule has 1 unspecified atom stereocenters. The molecule has 1 fully saturated rings. The van der Waals surface area contributed by atoms with Gasteiger partial charge in [0.25, 0.3) is 5.91 Å². The second kappa shape index (κ2) is 5.51. The number of nitrogens with one attached hydrogen (secondary N) is 1. The van der Waals surface area contributed by atoms with Crippen LogP contribution in [0.5, 0.6) is 0 Å². The SMILES string of the molecule is NC(=O)c1c(NC(=O)C2CCOC2)sc2c1CCOC2. The number of ether oxygens (including phenoxy) is 2. The number of carbonyl (C=O) groups excluding carboxylic acids is 2. The van der Waals surface area contributed by atoms with Gasteiger partial charge in [-0.1, -0.05) is 0 Å². The van der Waals surface area contributed by atoms with E-state index in [0.717, 1.165) is 10.4 Å². The summed E-state index contributed by atoms with van der Waals surface area (Å²) >= 11 is 1.38. The Labute approximate surface area is 120 Å². The number of nitrogens with two attached hydrogens (primary N) is 1. The molecule has 108 valence electrons. The molecule has 1 aromatic heterocycles. The van der Waals surface area contributed by atoms with Crippen molar-refractivity contribution in [2.45, 2.75) is 19.4 Å². The van der Waals surface area contributed by atoms with Crippen molar-refractivity contribution in [3.63, 3.8) is 0 Å². The molecule has 7 heteroatoms. The van der Waals surface area contributed by atoms with Crippen molar-refractivity contribution in [2.24, 2.45) is 11.7 Å². The van der Waals surface area contributed by atoms with Crippen molar-refractivity contribution in [1.82, 2.24) is 0 Å². The second-order valence-corrected chi connectivity index (χ2v) is 6.03. The Balaban J connectivity index is 1.86. The lowest BCUT2D eigenvalue weighted by Crippen LogP contribution is -2.24. The summed E-state index contributed by atoms with van der Waals surface area (Å²) in [7, 11) is 0. The third-order valence-electron chi connectivity index (χ3n) is 3.60. The summed E-state index contributed by atoms with van der Waals surface area (Å²) in [5, 5.41) is 3.38. The van der Waals surface area contributed by atoms with E-state index in [0.29, 0.717) is 49.8 Å². The summed E-state index contributed by atoms with van der Waals surface area (Å²) < 4.78 is 10.6. The van der Waals surface area contributed by atoms with Crippen molar-refractivity contribution in [1.29, 1.82) is 0 Å². The van der Waals surface area contributed by atoms with E-state index >= 15 is 0 Å². The van der Waals surface area contributed by atoms with Crippen LogP contribution in [0.3, 0.4) is 0 Å². The number of primary amides is 1. The van der Waals surface area contributed by atoms with Crippen LogP contribution in [-0.2, 0) is 27.3 Å². The summed E-state index contributed by atoms with van der Waals surface area (Å²) in [6.07, 6.45) is 1.37. The number of rotatable bonds is 3. The molecular weight excluding hydrogens is 280 g/mol. The van der Waals surface area contributed by atoms with E-state index in [1.165, 1.54) is 11.3 Å². The number of carbonyl (C=O) groups is 2. The molecule has 0 saturated carbocycles. The van der Waals surface area contributed by atoms with Crippen LogP contribution in [0.2, 0.25) is 0 Å². The highest BCUT2D eigenvalue weighted by atomic mass is 32.1. The van der Waals surface area contributed by atoms with Crippen molar-refractivity contribution >= 4 is 28.2 Å². The van der Waals surface area contributed by atoms with E-state index in [9.17, 15) is 9.59 Å². The van der Waals surface area contributed by atoms with E-state index in [1.54, 1.807) is 0 Å². The maximum atomic E-state index is 12.1. The Morgan fingerprint density at radius 1 is 1.30 bits per heavy atom. The zero-order valence-corrected chi connectivity index (χ0v) is 11.8. The lowest BCUT2D eigenvalue weighted by Gasteiger charge is -2.12. The number of hydrogen-bond donors (Lipinski definition) is 2. The molecule has 2 aliphatic rings. The Kier molecular flexibility index (Phi) is 3.73. The zero-order valence-electron chi connectivity index (χ0n) is 10.9. The molecule has 1 aromatic rings. The zero-order chi connectivity index (χ0) is 14.1. The van der Waals surface area contributed by atoms with Gasteiger partial charge >= 0.3 is 0 Å². The number of anilines is 1. The van der Waals surface area contributed by atoms with Crippen LogP contribution in [0.15, 0.2) is 0 Å². The number of fused-ring (bicyclic) bond motifs is 1. The molecule has 0 spiro atoms. The third-order valence-corrected chi connectivity index (χ3v) is 4.72. The highest BCUT2D eigenvalue weighted by Gasteiger charge is 2.28. The predicted octanol–water partition coefficient (Wildman–Crippen LogP) is 0.895. The second-order valence-electron chi connectivity index (χ2n) is 4.92. The van der Waals surface area contributed by atoms with Gasteiger partial charge in [-0.05, 0) is 18.4 Å².